The van der Waals surface area contributed by atoms with Crippen molar-refractivity contribution in [3.63, 3.8) is 0 Å². The first-order chi connectivity index (χ1) is 13.4. The molecule has 0 aromatic heterocycles. The lowest BCUT2D eigenvalue weighted by atomic mass is 9.84. The maximum atomic E-state index is 12.5. The molecule has 2 amide bonds. The number of anilines is 1. The van der Waals surface area contributed by atoms with Crippen LogP contribution in [0, 0.1) is 11.3 Å². The summed E-state index contributed by atoms with van der Waals surface area (Å²) in [6, 6.07) is 7.68. The molecule has 6 nitrogen and oxygen atoms in total. The Morgan fingerprint density at radius 3 is 2.75 bits per heavy atom. The summed E-state index contributed by atoms with van der Waals surface area (Å²) in [5, 5.41) is 14.7. The number of rotatable bonds is 8. The Morgan fingerprint density at radius 1 is 1.29 bits per heavy atom. The van der Waals surface area contributed by atoms with Gasteiger partial charge in [-0.05, 0) is 49.3 Å². The summed E-state index contributed by atoms with van der Waals surface area (Å²) in [6.07, 6.45) is 6.18. The molecule has 0 saturated heterocycles. The van der Waals surface area contributed by atoms with Crippen LogP contribution in [0.4, 0.5) is 5.69 Å². The molecule has 3 N–H and O–H groups in total. The number of amides is 2. The molecule has 0 radical (unpaired) electrons. The molecule has 154 valence electrons. The summed E-state index contributed by atoms with van der Waals surface area (Å²) < 4.78 is 0. The van der Waals surface area contributed by atoms with Crippen LogP contribution < -0.4 is 10.6 Å². The molecule has 1 aromatic carbocycles. The van der Waals surface area contributed by atoms with Crippen molar-refractivity contribution in [2.45, 2.75) is 59.3 Å². The highest BCUT2D eigenvalue weighted by atomic mass is 17.1. The van der Waals surface area contributed by atoms with Crippen molar-refractivity contribution in [1.82, 2.24) is 5.32 Å². The van der Waals surface area contributed by atoms with Crippen LogP contribution in [0.2, 0.25) is 0 Å². The van der Waals surface area contributed by atoms with E-state index in [1.165, 1.54) is 6.26 Å². The lowest BCUT2D eigenvalue weighted by Crippen LogP contribution is -2.34. The number of carbonyl (C=O) groups is 2. The molecule has 0 aliphatic heterocycles. The molecule has 28 heavy (non-hydrogen) atoms. The fourth-order valence-electron chi connectivity index (χ4n) is 3.30. The van der Waals surface area contributed by atoms with Gasteiger partial charge in [-0.1, -0.05) is 45.4 Å². The zero-order valence-electron chi connectivity index (χ0n) is 17.1. The maximum absolute atomic E-state index is 12.5. The SMILES string of the molecule is CCC(C)(C)C(=O)Nc1ccccc1CCNC(=O)C1CCCC/C1=C\OO. The second-order valence-corrected chi connectivity index (χ2v) is 7.99. The summed E-state index contributed by atoms with van der Waals surface area (Å²) in [5.74, 6) is -0.301. The first-order valence-electron chi connectivity index (χ1n) is 10.0. The summed E-state index contributed by atoms with van der Waals surface area (Å²) in [7, 11) is 0. The molecule has 1 aromatic rings. The predicted molar refractivity (Wildman–Crippen MR) is 110 cm³/mol. The van der Waals surface area contributed by atoms with Crippen molar-refractivity contribution in [2.24, 2.45) is 11.3 Å². The number of nitrogens with one attached hydrogen (secondary N) is 2. The highest BCUT2D eigenvalue weighted by Gasteiger charge is 2.27. The molecule has 1 atom stereocenters. The van der Waals surface area contributed by atoms with Gasteiger partial charge in [0.15, 0.2) is 0 Å². The van der Waals surface area contributed by atoms with Gasteiger partial charge in [0.2, 0.25) is 11.8 Å². The van der Waals surface area contributed by atoms with Crippen molar-refractivity contribution >= 4 is 17.5 Å². The number of para-hydroxylation sites is 1. The minimum Gasteiger partial charge on any atom is -0.355 e. The highest BCUT2D eigenvalue weighted by molar-refractivity contribution is 5.95. The molecule has 1 unspecified atom stereocenters. The van der Waals surface area contributed by atoms with Gasteiger partial charge in [-0.3, -0.25) is 9.59 Å². The zero-order valence-corrected chi connectivity index (χ0v) is 17.1. The number of carbonyl (C=O) groups excluding carboxylic acids is 2. The van der Waals surface area contributed by atoms with Crippen molar-refractivity contribution in [1.29, 1.82) is 0 Å². The van der Waals surface area contributed by atoms with Crippen LogP contribution in [0.15, 0.2) is 36.1 Å². The van der Waals surface area contributed by atoms with Crippen LogP contribution in [0.3, 0.4) is 0 Å². The first kappa shape index (κ1) is 22.0. The predicted octanol–water partition coefficient (Wildman–Crippen LogP) is 4.28. The second-order valence-electron chi connectivity index (χ2n) is 7.99. The molecule has 1 aliphatic rings. The summed E-state index contributed by atoms with van der Waals surface area (Å²) in [5.41, 5.74) is 2.18. The lowest BCUT2D eigenvalue weighted by Gasteiger charge is -2.24. The highest BCUT2D eigenvalue weighted by Crippen LogP contribution is 2.29. The Morgan fingerprint density at radius 2 is 2.04 bits per heavy atom. The Bertz CT molecular complexity index is 712. The Hall–Kier alpha value is -2.34. The van der Waals surface area contributed by atoms with Gasteiger partial charge in [0, 0.05) is 17.6 Å². The van der Waals surface area contributed by atoms with Gasteiger partial charge in [-0.2, -0.15) is 0 Å². The van der Waals surface area contributed by atoms with Gasteiger partial charge in [-0.15, -0.1) is 0 Å². The van der Waals surface area contributed by atoms with E-state index in [0.717, 1.165) is 48.9 Å². The fraction of sp³-hybridized carbons (Fsp3) is 0.545. The summed E-state index contributed by atoms with van der Waals surface area (Å²) >= 11 is 0. The first-order valence-corrected chi connectivity index (χ1v) is 10.0. The third-order valence-corrected chi connectivity index (χ3v) is 5.63. The van der Waals surface area contributed by atoms with E-state index in [-0.39, 0.29) is 17.7 Å². The Balaban J connectivity index is 1.95. The van der Waals surface area contributed by atoms with E-state index in [1.54, 1.807) is 0 Å². The topological polar surface area (TPSA) is 87.7 Å². The van der Waals surface area contributed by atoms with Crippen LogP contribution in [-0.4, -0.2) is 23.6 Å². The minimum absolute atomic E-state index is 0.00697. The third kappa shape index (κ3) is 5.83. The smallest absolute Gasteiger partial charge is 0.230 e. The number of hydrogen-bond donors (Lipinski definition) is 3. The van der Waals surface area contributed by atoms with E-state index >= 15 is 0 Å². The molecule has 0 heterocycles. The minimum atomic E-state index is -0.431. The van der Waals surface area contributed by atoms with Crippen molar-refractivity contribution in [2.75, 3.05) is 11.9 Å². The van der Waals surface area contributed by atoms with Crippen LogP contribution in [0.5, 0.6) is 0 Å². The third-order valence-electron chi connectivity index (χ3n) is 5.63. The van der Waals surface area contributed by atoms with Gasteiger partial charge in [-0.25, -0.2) is 5.26 Å². The zero-order chi connectivity index (χ0) is 20.6. The molecular formula is C22H32N2O4. The van der Waals surface area contributed by atoms with Gasteiger partial charge in [0.1, 0.15) is 6.26 Å². The molecule has 2 rings (SSSR count). The van der Waals surface area contributed by atoms with E-state index in [9.17, 15) is 9.59 Å². The number of hydrogen-bond acceptors (Lipinski definition) is 4. The number of benzene rings is 1. The van der Waals surface area contributed by atoms with E-state index < -0.39 is 5.41 Å². The van der Waals surface area contributed by atoms with Gasteiger partial charge in [0.25, 0.3) is 0 Å². The maximum Gasteiger partial charge on any atom is 0.230 e. The van der Waals surface area contributed by atoms with Crippen molar-refractivity contribution in [3.8, 4) is 0 Å². The van der Waals surface area contributed by atoms with Crippen LogP contribution in [-0.2, 0) is 20.9 Å². The quantitative estimate of drug-likeness (QED) is 0.352. The molecule has 0 spiro atoms. The molecule has 0 bridgehead atoms. The largest absolute Gasteiger partial charge is 0.355 e. The lowest BCUT2D eigenvalue weighted by molar-refractivity contribution is -0.188. The van der Waals surface area contributed by atoms with Crippen molar-refractivity contribution < 1.29 is 19.7 Å². The average molecular weight is 389 g/mol. The fourth-order valence-corrected chi connectivity index (χ4v) is 3.30. The van der Waals surface area contributed by atoms with Crippen molar-refractivity contribution in [3.05, 3.63) is 41.7 Å². The van der Waals surface area contributed by atoms with E-state index in [2.05, 4.69) is 15.5 Å². The van der Waals surface area contributed by atoms with Crippen LogP contribution in [0.1, 0.15) is 58.4 Å². The summed E-state index contributed by atoms with van der Waals surface area (Å²) in [6.45, 7) is 6.33. The Kier molecular flexibility index (Phi) is 8.05. The standard InChI is InChI=1S/C22H32N2O4/c1-4-22(2,3)21(26)24-19-12-8-6-9-16(19)13-14-23-20(25)18-11-7-5-10-17(18)15-28-27/h6,8-9,12,15,18,27H,4-5,7,10-11,13-14H2,1-3H3,(H,23,25)(H,24,26)/b17-15+. The Labute approximate surface area is 167 Å². The van der Waals surface area contributed by atoms with E-state index in [1.807, 2.05) is 45.0 Å². The van der Waals surface area contributed by atoms with Crippen LogP contribution >= 0.6 is 0 Å². The van der Waals surface area contributed by atoms with E-state index in [4.69, 9.17) is 5.26 Å². The average Bonchev–Trinajstić information content (AvgIpc) is 2.69. The molecule has 1 saturated carbocycles. The van der Waals surface area contributed by atoms with Gasteiger partial charge in [0.05, 0.1) is 5.92 Å². The molecule has 1 aliphatic carbocycles. The normalized spacial score (nSPS) is 18.6. The molecule has 6 heteroatoms. The van der Waals surface area contributed by atoms with E-state index in [0.29, 0.717) is 13.0 Å². The van der Waals surface area contributed by atoms with Gasteiger partial charge < -0.3 is 15.5 Å². The molecular weight excluding hydrogens is 356 g/mol. The van der Waals surface area contributed by atoms with Crippen LogP contribution in [0.25, 0.3) is 0 Å². The summed E-state index contributed by atoms with van der Waals surface area (Å²) in [4.78, 5) is 29.2. The molecule has 1 fully saturated rings. The monoisotopic (exact) mass is 388 g/mol. The second kappa shape index (κ2) is 10.3. The van der Waals surface area contributed by atoms with Gasteiger partial charge >= 0.3 is 0 Å².